The normalized spacial score (nSPS) is 10.1. The van der Waals surface area contributed by atoms with Crippen molar-refractivity contribution in [2.45, 2.75) is 19.8 Å². The SMILES string of the molecule is CCc1nn(C)cc1C(=O)CC(=O)c1cccc(C#N)c1. The minimum Gasteiger partial charge on any atom is -0.294 e. The van der Waals surface area contributed by atoms with E-state index in [1.54, 1.807) is 36.1 Å². The summed E-state index contributed by atoms with van der Waals surface area (Å²) in [6.45, 7) is 1.91. The molecular weight excluding hydrogens is 266 g/mol. The number of ketones is 2. The molecule has 21 heavy (non-hydrogen) atoms. The fourth-order valence-electron chi connectivity index (χ4n) is 2.13. The first-order valence-corrected chi connectivity index (χ1v) is 6.64. The van der Waals surface area contributed by atoms with Gasteiger partial charge in [0.2, 0.25) is 0 Å². The van der Waals surface area contributed by atoms with Crippen LogP contribution in [0.15, 0.2) is 30.5 Å². The summed E-state index contributed by atoms with van der Waals surface area (Å²) < 4.78 is 1.58. The van der Waals surface area contributed by atoms with Crippen LogP contribution in [0.4, 0.5) is 0 Å². The topological polar surface area (TPSA) is 75.8 Å². The third-order valence-electron chi connectivity index (χ3n) is 3.18. The van der Waals surface area contributed by atoms with Crippen molar-refractivity contribution in [3.8, 4) is 6.07 Å². The lowest BCUT2D eigenvalue weighted by molar-refractivity contribution is 0.0894. The molecule has 0 bridgehead atoms. The summed E-state index contributed by atoms with van der Waals surface area (Å²) in [5, 5.41) is 13.0. The first-order valence-electron chi connectivity index (χ1n) is 6.64. The van der Waals surface area contributed by atoms with E-state index in [0.717, 1.165) is 0 Å². The second-order valence-corrected chi connectivity index (χ2v) is 4.73. The summed E-state index contributed by atoms with van der Waals surface area (Å²) in [6.07, 6.45) is 2.06. The van der Waals surface area contributed by atoms with Gasteiger partial charge in [-0.2, -0.15) is 10.4 Å². The molecule has 0 saturated carbocycles. The van der Waals surface area contributed by atoms with E-state index in [2.05, 4.69) is 5.10 Å². The standard InChI is InChI=1S/C16H15N3O2/c1-3-14-13(10-19(2)18-14)16(21)8-15(20)12-6-4-5-11(7-12)9-17/h4-7,10H,3,8H2,1-2H3. The van der Waals surface area contributed by atoms with Crippen molar-refractivity contribution in [1.82, 2.24) is 9.78 Å². The van der Waals surface area contributed by atoms with Crippen LogP contribution in [-0.4, -0.2) is 21.3 Å². The van der Waals surface area contributed by atoms with Crippen LogP contribution in [0.25, 0.3) is 0 Å². The number of hydrogen-bond donors (Lipinski definition) is 0. The number of aromatic nitrogens is 2. The summed E-state index contributed by atoms with van der Waals surface area (Å²) in [6, 6.07) is 8.35. The van der Waals surface area contributed by atoms with Crippen molar-refractivity contribution in [2.24, 2.45) is 7.05 Å². The van der Waals surface area contributed by atoms with Gasteiger partial charge in [-0.3, -0.25) is 14.3 Å². The minimum absolute atomic E-state index is 0.215. The zero-order chi connectivity index (χ0) is 15.4. The third-order valence-corrected chi connectivity index (χ3v) is 3.18. The van der Waals surface area contributed by atoms with Crippen molar-refractivity contribution in [3.63, 3.8) is 0 Å². The fourth-order valence-corrected chi connectivity index (χ4v) is 2.13. The number of carbonyl (C=O) groups excluding carboxylic acids is 2. The van der Waals surface area contributed by atoms with Crippen LogP contribution in [0.2, 0.25) is 0 Å². The molecule has 0 unspecified atom stereocenters. The van der Waals surface area contributed by atoms with Gasteiger partial charge in [0.05, 0.1) is 29.3 Å². The molecule has 0 fully saturated rings. The molecule has 0 N–H and O–H groups in total. The molecule has 0 amide bonds. The van der Waals surface area contributed by atoms with Crippen LogP contribution in [0, 0.1) is 11.3 Å². The van der Waals surface area contributed by atoms with Crippen LogP contribution >= 0.6 is 0 Å². The molecule has 0 atom stereocenters. The molecule has 1 aromatic carbocycles. The third kappa shape index (κ3) is 3.23. The maximum Gasteiger partial charge on any atom is 0.174 e. The maximum atomic E-state index is 12.2. The molecule has 0 aliphatic heterocycles. The van der Waals surface area contributed by atoms with E-state index in [-0.39, 0.29) is 18.0 Å². The number of nitrogens with zero attached hydrogens (tertiary/aromatic N) is 3. The first kappa shape index (κ1) is 14.7. The smallest absolute Gasteiger partial charge is 0.174 e. The Morgan fingerprint density at radius 2 is 2.10 bits per heavy atom. The highest BCUT2D eigenvalue weighted by Gasteiger charge is 2.18. The van der Waals surface area contributed by atoms with E-state index in [1.165, 1.54) is 6.07 Å². The molecule has 106 valence electrons. The molecule has 0 aliphatic carbocycles. The zero-order valence-electron chi connectivity index (χ0n) is 12.0. The van der Waals surface area contributed by atoms with Crippen molar-refractivity contribution in [1.29, 1.82) is 5.26 Å². The van der Waals surface area contributed by atoms with Crippen molar-refractivity contribution >= 4 is 11.6 Å². The van der Waals surface area contributed by atoms with Gasteiger partial charge < -0.3 is 0 Å². The monoisotopic (exact) mass is 281 g/mol. The second-order valence-electron chi connectivity index (χ2n) is 4.73. The maximum absolute atomic E-state index is 12.2. The van der Waals surface area contributed by atoms with Gasteiger partial charge in [-0.05, 0) is 18.6 Å². The van der Waals surface area contributed by atoms with Crippen molar-refractivity contribution < 1.29 is 9.59 Å². The van der Waals surface area contributed by atoms with E-state index in [9.17, 15) is 9.59 Å². The van der Waals surface area contributed by atoms with Crippen molar-refractivity contribution in [2.75, 3.05) is 0 Å². The molecule has 2 aromatic rings. The van der Waals surface area contributed by atoms with E-state index in [1.807, 2.05) is 13.0 Å². The van der Waals surface area contributed by atoms with E-state index in [0.29, 0.717) is 28.8 Å². The van der Waals surface area contributed by atoms with Crippen LogP contribution < -0.4 is 0 Å². The predicted molar refractivity (Wildman–Crippen MR) is 77.0 cm³/mol. The Morgan fingerprint density at radius 3 is 2.76 bits per heavy atom. The van der Waals surface area contributed by atoms with Crippen LogP contribution in [0.3, 0.4) is 0 Å². The van der Waals surface area contributed by atoms with Gasteiger partial charge in [-0.25, -0.2) is 0 Å². The molecule has 2 rings (SSSR count). The highest BCUT2D eigenvalue weighted by molar-refractivity contribution is 6.13. The highest BCUT2D eigenvalue weighted by Crippen LogP contribution is 2.13. The van der Waals surface area contributed by atoms with E-state index >= 15 is 0 Å². The van der Waals surface area contributed by atoms with Gasteiger partial charge in [-0.15, -0.1) is 0 Å². The van der Waals surface area contributed by atoms with Crippen LogP contribution in [0.1, 0.15) is 45.3 Å². The Kier molecular flexibility index (Phi) is 4.29. The Balaban J connectivity index is 2.19. The number of carbonyl (C=O) groups is 2. The molecule has 1 heterocycles. The number of rotatable bonds is 5. The fraction of sp³-hybridized carbons (Fsp3) is 0.250. The van der Waals surface area contributed by atoms with Gasteiger partial charge in [0.1, 0.15) is 0 Å². The van der Waals surface area contributed by atoms with Gasteiger partial charge in [0.25, 0.3) is 0 Å². The molecule has 1 aromatic heterocycles. The first-order chi connectivity index (χ1) is 10.0. The molecule has 0 aliphatic rings. The Bertz CT molecular complexity index is 738. The average molecular weight is 281 g/mol. The van der Waals surface area contributed by atoms with Crippen LogP contribution in [0.5, 0.6) is 0 Å². The number of aryl methyl sites for hydroxylation is 2. The van der Waals surface area contributed by atoms with Gasteiger partial charge in [-0.1, -0.05) is 19.1 Å². The van der Waals surface area contributed by atoms with Gasteiger partial charge in [0.15, 0.2) is 11.6 Å². The average Bonchev–Trinajstić information content (AvgIpc) is 2.88. The van der Waals surface area contributed by atoms with Gasteiger partial charge in [0, 0.05) is 18.8 Å². The quantitative estimate of drug-likeness (QED) is 0.622. The van der Waals surface area contributed by atoms with Crippen LogP contribution in [-0.2, 0) is 13.5 Å². The van der Waals surface area contributed by atoms with E-state index in [4.69, 9.17) is 5.26 Å². The Labute approximate surface area is 122 Å². The predicted octanol–water partition coefficient (Wildman–Crippen LogP) is 2.31. The molecule has 5 nitrogen and oxygen atoms in total. The summed E-state index contributed by atoms with van der Waals surface area (Å²) in [5.74, 6) is -0.532. The number of benzene rings is 1. The number of nitriles is 1. The highest BCUT2D eigenvalue weighted by atomic mass is 16.1. The largest absolute Gasteiger partial charge is 0.294 e. The van der Waals surface area contributed by atoms with E-state index < -0.39 is 0 Å². The molecule has 0 spiro atoms. The lowest BCUT2D eigenvalue weighted by Gasteiger charge is -2.01. The van der Waals surface area contributed by atoms with Crippen molar-refractivity contribution in [3.05, 3.63) is 52.8 Å². The lowest BCUT2D eigenvalue weighted by atomic mass is 10.0. The number of Topliss-reactive ketones (excluding diaryl/α,β-unsaturated/α-hetero) is 2. The molecule has 5 heteroatoms. The zero-order valence-corrected chi connectivity index (χ0v) is 12.0. The summed E-state index contributed by atoms with van der Waals surface area (Å²) in [4.78, 5) is 24.4. The Morgan fingerprint density at radius 1 is 1.33 bits per heavy atom. The summed E-state index contributed by atoms with van der Waals surface area (Å²) in [5.41, 5.74) is 1.97. The minimum atomic E-state index is -0.289. The van der Waals surface area contributed by atoms with Gasteiger partial charge >= 0.3 is 0 Å². The molecule has 0 radical (unpaired) electrons. The second kappa shape index (κ2) is 6.14. The number of hydrogen-bond acceptors (Lipinski definition) is 4. The Hall–Kier alpha value is -2.74. The lowest BCUT2D eigenvalue weighted by Crippen LogP contribution is -2.10. The molecular formula is C16H15N3O2. The summed E-state index contributed by atoms with van der Waals surface area (Å²) >= 11 is 0. The molecule has 0 saturated heterocycles. The summed E-state index contributed by atoms with van der Waals surface area (Å²) in [7, 11) is 1.74.